The van der Waals surface area contributed by atoms with E-state index in [1.54, 1.807) is 19.1 Å². The number of nitrogens with one attached hydrogen (secondary N) is 3. The minimum atomic E-state index is -0.272. The number of halogens is 1. The van der Waals surface area contributed by atoms with Crippen molar-refractivity contribution in [3.8, 4) is 0 Å². The van der Waals surface area contributed by atoms with Crippen LogP contribution in [0.2, 0.25) is 0 Å². The Morgan fingerprint density at radius 3 is 2.55 bits per heavy atom. The average Bonchev–Trinajstić information content (AvgIpc) is 3.16. The molecule has 3 rings (SSSR count). The summed E-state index contributed by atoms with van der Waals surface area (Å²) in [5.41, 5.74) is 4.31. The molecular formula is C26H41FN4O2. The Morgan fingerprint density at radius 2 is 1.94 bits per heavy atom. The maximum absolute atomic E-state index is 13.9. The van der Waals surface area contributed by atoms with Gasteiger partial charge in [0.2, 0.25) is 5.91 Å². The van der Waals surface area contributed by atoms with Gasteiger partial charge >= 0.3 is 0 Å². The lowest BCUT2D eigenvalue weighted by Crippen LogP contribution is -2.57. The molecule has 1 aromatic carbocycles. The fraction of sp³-hybridized carbons (Fsp3) is 0.692. The Bertz CT molecular complexity index is 830. The third kappa shape index (κ3) is 6.19. The SMILES string of the molecule is CC(=O)C(CNC(=O)C1CC(c2cccc(F)c2)NC2C1CNN2C(C)C)C(C)CC(C)C. The number of rotatable bonds is 9. The largest absolute Gasteiger partial charge is 0.355 e. The van der Waals surface area contributed by atoms with Gasteiger partial charge in [0.15, 0.2) is 0 Å². The standard InChI is InChI=1S/C26H41FN4O2/c1-15(2)10-17(5)22(18(6)32)13-28-26(33)21-12-24(19-8-7-9-20(27)11-19)30-25-23(21)14-29-31(25)16(3)4/h7-9,11,15-17,21-25,29-30H,10,12-14H2,1-6H3,(H,28,33). The van der Waals surface area contributed by atoms with Gasteiger partial charge in [-0.05, 0) is 63.1 Å². The summed E-state index contributed by atoms with van der Waals surface area (Å²) in [6, 6.07) is 6.75. The van der Waals surface area contributed by atoms with E-state index in [1.165, 1.54) is 6.07 Å². The third-order valence-corrected chi connectivity index (χ3v) is 7.29. The topological polar surface area (TPSA) is 73.5 Å². The number of benzene rings is 1. The van der Waals surface area contributed by atoms with E-state index in [1.807, 2.05) is 6.07 Å². The molecule has 184 valence electrons. The zero-order valence-electron chi connectivity index (χ0n) is 20.9. The highest BCUT2D eigenvalue weighted by Gasteiger charge is 2.48. The van der Waals surface area contributed by atoms with Crippen molar-refractivity contribution in [3.63, 3.8) is 0 Å². The Labute approximate surface area is 198 Å². The summed E-state index contributed by atoms with van der Waals surface area (Å²) in [7, 11) is 0. The van der Waals surface area contributed by atoms with Crippen molar-refractivity contribution in [2.24, 2.45) is 29.6 Å². The van der Waals surface area contributed by atoms with Crippen molar-refractivity contribution in [1.29, 1.82) is 0 Å². The minimum Gasteiger partial charge on any atom is -0.355 e. The lowest BCUT2D eigenvalue weighted by atomic mass is 9.78. The Hall–Kier alpha value is -1.83. The van der Waals surface area contributed by atoms with Crippen LogP contribution in [0, 0.1) is 35.4 Å². The number of carbonyl (C=O) groups is 2. The molecule has 3 N–H and O–H groups in total. The second-order valence-corrected chi connectivity index (χ2v) is 10.7. The number of hydrogen-bond donors (Lipinski definition) is 3. The molecule has 0 bridgehead atoms. The molecule has 6 atom stereocenters. The van der Waals surface area contributed by atoms with Crippen molar-refractivity contribution in [1.82, 2.24) is 21.1 Å². The number of fused-ring (bicyclic) bond motifs is 1. The lowest BCUT2D eigenvalue weighted by molar-refractivity contribution is -0.130. The van der Waals surface area contributed by atoms with Crippen LogP contribution in [0.5, 0.6) is 0 Å². The predicted octanol–water partition coefficient (Wildman–Crippen LogP) is 3.65. The van der Waals surface area contributed by atoms with Crippen LogP contribution in [0.4, 0.5) is 4.39 Å². The quantitative estimate of drug-likeness (QED) is 0.525. The van der Waals surface area contributed by atoms with E-state index in [0.29, 0.717) is 25.4 Å². The van der Waals surface area contributed by atoms with Crippen molar-refractivity contribution in [2.75, 3.05) is 13.1 Å². The first-order valence-corrected chi connectivity index (χ1v) is 12.4. The van der Waals surface area contributed by atoms with Gasteiger partial charge in [-0.2, -0.15) is 0 Å². The van der Waals surface area contributed by atoms with Crippen LogP contribution in [-0.2, 0) is 9.59 Å². The van der Waals surface area contributed by atoms with E-state index in [0.717, 1.165) is 12.0 Å². The molecule has 2 aliphatic heterocycles. The van der Waals surface area contributed by atoms with Crippen LogP contribution in [0.25, 0.3) is 0 Å². The van der Waals surface area contributed by atoms with Crippen molar-refractivity contribution >= 4 is 11.7 Å². The molecule has 0 radical (unpaired) electrons. The molecule has 0 aliphatic carbocycles. The number of carbonyl (C=O) groups excluding carboxylic acids is 2. The number of nitrogens with zero attached hydrogens (tertiary/aromatic N) is 1. The number of ketones is 1. The van der Waals surface area contributed by atoms with Gasteiger partial charge in [0.1, 0.15) is 11.6 Å². The van der Waals surface area contributed by atoms with Crippen molar-refractivity contribution in [3.05, 3.63) is 35.6 Å². The molecule has 2 aliphatic rings. The zero-order chi connectivity index (χ0) is 24.3. The van der Waals surface area contributed by atoms with Gasteiger partial charge in [-0.1, -0.05) is 32.9 Å². The second kappa shape index (κ2) is 11.1. The summed E-state index contributed by atoms with van der Waals surface area (Å²) >= 11 is 0. The third-order valence-electron chi connectivity index (χ3n) is 7.29. The number of Topliss-reactive ketones (excluding diaryl/α,β-unsaturated/α-hetero) is 1. The summed E-state index contributed by atoms with van der Waals surface area (Å²) in [5.74, 6) is 0.248. The van der Waals surface area contributed by atoms with E-state index < -0.39 is 0 Å². The molecule has 2 fully saturated rings. The molecule has 0 saturated carbocycles. The molecular weight excluding hydrogens is 419 g/mol. The Morgan fingerprint density at radius 1 is 1.21 bits per heavy atom. The average molecular weight is 461 g/mol. The number of amides is 1. The van der Waals surface area contributed by atoms with Crippen LogP contribution < -0.4 is 16.1 Å². The maximum atomic E-state index is 13.9. The minimum absolute atomic E-state index is 0.0108. The Balaban J connectivity index is 1.77. The van der Waals surface area contributed by atoms with E-state index in [9.17, 15) is 14.0 Å². The molecule has 7 heteroatoms. The molecule has 2 heterocycles. The van der Waals surface area contributed by atoms with Crippen LogP contribution in [-0.4, -0.2) is 42.0 Å². The van der Waals surface area contributed by atoms with E-state index in [4.69, 9.17) is 0 Å². The zero-order valence-corrected chi connectivity index (χ0v) is 20.9. The normalized spacial score (nSPS) is 27.4. The van der Waals surface area contributed by atoms with Gasteiger partial charge in [-0.15, -0.1) is 0 Å². The summed E-state index contributed by atoms with van der Waals surface area (Å²) in [6.07, 6.45) is 1.52. The summed E-state index contributed by atoms with van der Waals surface area (Å²) in [6.45, 7) is 13.3. The van der Waals surface area contributed by atoms with Crippen molar-refractivity contribution in [2.45, 2.75) is 72.6 Å². The molecule has 2 saturated heterocycles. The van der Waals surface area contributed by atoms with Crippen LogP contribution in [0.15, 0.2) is 24.3 Å². The monoisotopic (exact) mass is 460 g/mol. The summed E-state index contributed by atoms with van der Waals surface area (Å²) < 4.78 is 13.9. The van der Waals surface area contributed by atoms with Gasteiger partial charge in [-0.25, -0.2) is 9.40 Å². The number of hydrogen-bond acceptors (Lipinski definition) is 5. The lowest BCUT2D eigenvalue weighted by Gasteiger charge is -2.42. The smallest absolute Gasteiger partial charge is 0.223 e. The molecule has 6 unspecified atom stereocenters. The van der Waals surface area contributed by atoms with E-state index in [2.05, 4.69) is 55.7 Å². The molecule has 0 spiro atoms. The van der Waals surface area contributed by atoms with E-state index in [-0.39, 0.29) is 59.4 Å². The fourth-order valence-corrected chi connectivity index (χ4v) is 5.65. The fourth-order valence-electron chi connectivity index (χ4n) is 5.65. The Kier molecular flexibility index (Phi) is 8.65. The highest BCUT2D eigenvalue weighted by molar-refractivity contribution is 5.82. The van der Waals surface area contributed by atoms with Gasteiger partial charge in [-0.3, -0.25) is 20.3 Å². The van der Waals surface area contributed by atoms with Crippen LogP contribution >= 0.6 is 0 Å². The van der Waals surface area contributed by atoms with E-state index >= 15 is 0 Å². The number of piperidine rings is 1. The van der Waals surface area contributed by atoms with Crippen molar-refractivity contribution < 1.29 is 14.0 Å². The first kappa shape index (κ1) is 25.8. The highest BCUT2D eigenvalue weighted by Crippen LogP contribution is 2.38. The van der Waals surface area contributed by atoms with Crippen LogP contribution in [0.1, 0.15) is 66.0 Å². The molecule has 1 aromatic rings. The van der Waals surface area contributed by atoms with Gasteiger partial charge in [0.05, 0.1) is 6.17 Å². The molecule has 6 nitrogen and oxygen atoms in total. The molecule has 33 heavy (non-hydrogen) atoms. The number of hydrazine groups is 1. The van der Waals surface area contributed by atoms with Crippen LogP contribution in [0.3, 0.4) is 0 Å². The summed E-state index contributed by atoms with van der Waals surface area (Å²) in [4.78, 5) is 25.8. The first-order chi connectivity index (χ1) is 15.6. The van der Waals surface area contributed by atoms with Gasteiger partial charge in [0.25, 0.3) is 0 Å². The highest BCUT2D eigenvalue weighted by atomic mass is 19.1. The maximum Gasteiger partial charge on any atom is 0.223 e. The summed E-state index contributed by atoms with van der Waals surface area (Å²) in [5, 5.41) is 8.95. The molecule has 0 aromatic heterocycles. The molecule has 1 amide bonds. The predicted molar refractivity (Wildman–Crippen MR) is 128 cm³/mol. The second-order valence-electron chi connectivity index (χ2n) is 10.7. The first-order valence-electron chi connectivity index (χ1n) is 12.4. The van der Waals surface area contributed by atoms with Gasteiger partial charge < -0.3 is 5.32 Å². The van der Waals surface area contributed by atoms with Gasteiger partial charge in [0, 0.05) is 42.9 Å².